The van der Waals surface area contributed by atoms with Crippen LogP contribution in [0.4, 0.5) is 0 Å². The number of hydrogen-bond donors (Lipinski definition) is 4. The lowest BCUT2D eigenvalue weighted by Crippen LogP contribution is -2.31. The summed E-state index contributed by atoms with van der Waals surface area (Å²) in [7, 11) is 0. The number of nitrogens with two attached hydrogens (primary N) is 2. The van der Waals surface area contributed by atoms with Gasteiger partial charge in [-0.1, -0.05) is 24.3 Å². The first kappa shape index (κ1) is 15.1. The number of hydrogen-bond acceptors (Lipinski definition) is 4. The maximum Gasteiger partial charge on any atom is 0.0206 e. The van der Waals surface area contributed by atoms with Crippen LogP contribution < -0.4 is 22.1 Å². The van der Waals surface area contributed by atoms with Crippen LogP contribution in [0.15, 0.2) is 24.3 Å². The van der Waals surface area contributed by atoms with Crippen LogP contribution >= 0.6 is 0 Å². The van der Waals surface area contributed by atoms with Crippen molar-refractivity contribution in [2.24, 2.45) is 11.5 Å². The molecule has 4 nitrogen and oxygen atoms in total. The third kappa shape index (κ3) is 6.71. The third-order valence-corrected chi connectivity index (χ3v) is 2.58. The summed E-state index contributed by atoms with van der Waals surface area (Å²) in [6.07, 6.45) is 0. The van der Waals surface area contributed by atoms with Crippen molar-refractivity contribution in [1.29, 1.82) is 0 Å². The molecule has 1 rings (SSSR count). The Morgan fingerprint density at radius 2 is 1.39 bits per heavy atom. The van der Waals surface area contributed by atoms with Crippen LogP contribution in [0.5, 0.6) is 0 Å². The second-order valence-electron chi connectivity index (χ2n) is 5.04. The zero-order valence-corrected chi connectivity index (χ0v) is 11.4. The Hall–Kier alpha value is -0.940. The first-order valence-electron chi connectivity index (χ1n) is 6.58. The molecular formula is C14H26N4. The van der Waals surface area contributed by atoms with Gasteiger partial charge in [-0.25, -0.2) is 0 Å². The Kier molecular flexibility index (Phi) is 6.90. The minimum Gasteiger partial charge on any atom is -0.327 e. The van der Waals surface area contributed by atoms with Crippen molar-refractivity contribution in [2.75, 3.05) is 13.1 Å². The minimum atomic E-state index is 0.195. The molecule has 6 N–H and O–H groups in total. The maximum absolute atomic E-state index is 5.70. The SMILES string of the molecule is CC(N)CNCc1cccc(CNCC(C)N)c1. The third-order valence-electron chi connectivity index (χ3n) is 2.58. The van der Waals surface area contributed by atoms with E-state index in [1.165, 1.54) is 11.1 Å². The molecule has 0 aliphatic heterocycles. The van der Waals surface area contributed by atoms with Gasteiger partial charge in [-0.15, -0.1) is 0 Å². The largest absolute Gasteiger partial charge is 0.327 e. The highest BCUT2D eigenvalue weighted by molar-refractivity contribution is 5.23. The molecular weight excluding hydrogens is 224 g/mol. The molecule has 0 bridgehead atoms. The van der Waals surface area contributed by atoms with Gasteiger partial charge in [0.2, 0.25) is 0 Å². The average Bonchev–Trinajstić information content (AvgIpc) is 2.28. The predicted molar refractivity (Wildman–Crippen MR) is 77.2 cm³/mol. The Balaban J connectivity index is 2.36. The molecule has 1 aromatic rings. The van der Waals surface area contributed by atoms with E-state index in [0.29, 0.717) is 0 Å². The molecule has 1 aromatic carbocycles. The van der Waals surface area contributed by atoms with Gasteiger partial charge in [0.15, 0.2) is 0 Å². The number of benzene rings is 1. The molecule has 0 fully saturated rings. The molecule has 0 heterocycles. The fourth-order valence-electron chi connectivity index (χ4n) is 1.74. The molecule has 0 saturated heterocycles. The van der Waals surface area contributed by atoms with Crippen molar-refractivity contribution >= 4 is 0 Å². The monoisotopic (exact) mass is 250 g/mol. The summed E-state index contributed by atoms with van der Waals surface area (Å²) in [5.74, 6) is 0. The lowest BCUT2D eigenvalue weighted by Gasteiger charge is -2.10. The quantitative estimate of drug-likeness (QED) is 0.544. The van der Waals surface area contributed by atoms with Gasteiger partial charge >= 0.3 is 0 Å². The molecule has 2 atom stereocenters. The maximum atomic E-state index is 5.70. The van der Waals surface area contributed by atoms with E-state index in [1.54, 1.807) is 0 Å². The second-order valence-corrected chi connectivity index (χ2v) is 5.04. The van der Waals surface area contributed by atoms with Gasteiger partial charge in [0.05, 0.1) is 0 Å². The predicted octanol–water partition coefficient (Wildman–Crippen LogP) is 0.560. The topological polar surface area (TPSA) is 76.1 Å². The van der Waals surface area contributed by atoms with Crippen molar-refractivity contribution < 1.29 is 0 Å². The van der Waals surface area contributed by atoms with Gasteiger partial charge in [0, 0.05) is 38.3 Å². The molecule has 18 heavy (non-hydrogen) atoms. The summed E-state index contributed by atoms with van der Waals surface area (Å²) < 4.78 is 0. The fourth-order valence-corrected chi connectivity index (χ4v) is 1.74. The molecule has 0 aromatic heterocycles. The zero-order valence-electron chi connectivity index (χ0n) is 11.4. The van der Waals surface area contributed by atoms with Crippen molar-refractivity contribution in [2.45, 2.75) is 39.0 Å². The summed E-state index contributed by atoms with van der Waals surface area (Å²) in [5, 5.41) is 6.67. The van der Waals surface area contributed by atoms with E-state index in [1.807, 2.05) is 13.8 Å². The standard InChI is InChI=1S/C14H26N4/c1-11(15)7-17-9-13-4-3-5-14(6-13)10-18-8-12(2)16/h3-6,11-12,17-18H,7-10,15-16H2,1-2H3. The molecule has 0 aliphatic rings. The van der Waals surface area contributed by atoms with Crippen molar-refractivity contribution in [3.8, 4) is 0 Å². The highest BCUT2D eigenvalue weighted by atomic mass is 14.9. The highest BCUT2D eigenvalue weighted by Crippen LogP contribution is 2.05. The number of rotatable bonds is 8. The molecule has 4 heteroatoms. The van der Waals surface area contributed by atoms with E-state index >= 15 is 0 Å². The van der Waals surface area contributed by atoms with E-state index in [4.69, 9.17) is 11.5 Å². The van der Waals surface area contributed by atoms with Gasteiger partial charge in [-0.3, -0.25) is 0 Å². The number of nitrogens with one attached hydrogen (secondary N) is 2. The first-order valence-corrected chi connectivity index (χ1v) is 6.58. The molecule has 0 spiro atoms. The fraction of sp³-hybridized carbons (Fsp3) is 0.571. The Bertz CT molecular complexity index is 307. The Morgan fingerprint density at radius 1 is 0.944 bits per heavy atom. The van der Waals surface area contributed by atoms with Gasteiger partial charge in [-0.2, -0.15) is 0 Å². The lowest BCUT2D eigenvalue weighted by atomic mass is 10.1. The van der Waals surface area contributed by atoms with E-state index in [2.05, 4.69) is 34.9 Å². The highest BCUT2D eigenvalue weighted by Gasteiger charge is 1.98. The summed E-state index contributed by atoms with van der Waals surface area (Å²) in [6.45, 7) is 7.41. The lowest BCUT2D eigenvalue weighted by molar-refractivity contribution is 0.602. The summed E-state index contributed by atoms with van der Waals surface area (Å²) >= 11 is 0. The Morgan fingerprint density at radius 3 is 1.78 bits per heavy atom. The second kappa shape index (κ2) is 8.21. The van der Waals surface area contributed by atoms with E-state index in [0.717, 1.165) is 26.2 Å². The van der Waals surface area contributed by atoms with Crippen LogP contribution in [0.25, 0.3) is 0 Å². The molecule has 0 saturated carbocycles. The van der Waals surface area contributed by atoms with Crippen LogP contribution in [-0.2, 0) is 13.1 Å². The van der Waals surface area contributed by atoms with E-state index in [9.17, 15) is 0 Å². The summed E-state index contributed by atoms with van der Waals surface area (Å²) in [5.41, 5.74) is 14.0. The van der Waals surface area contributed by atoms with Crippen LogP contribution in [0.3, 0.4) is 0 Å². The molecule has 0 aliphatic carbocycles. The van der Waals surface area contributed by atoms with Crippen molar-refractivity contribution in [3.05, 3.63) is 35.4 Å². The average molecular weight is 250 g/mol. The molecule has 0 radical (unpaired) electrons. The summed E-state index contributed by atoms with van der Waals surface area (Å²) in [6, 6.07) is 8.95. The smallest absolute Gasteiger partial charge is 0.0206 e. The summed E-state index contributed by atoms with van der Waals surface area (Å²) in [4.78, 5) is 0. The van der Waals surface area contributed by atoms with Gasteiger partial charge < -0.3 is 22.1 Å². The zero-order chi connectivity index (χ0) is 13.4. The van der Waals surface area contributed by atoms with Crippen LogP contribution in [0, 0.1) is 0 Å². The van der Waals surface area contributed by atoms with Gasteiger partial charge in [0.1, 0.15) is 0 Å². The normalized spacial score (nSPS) is 14.4. The van der Waals surface area contributed by atoms with Crippen molar-refractivity contribution in [1.82, 2.24) is 10.6 Å². The minimum absolute atomic E-state index is 0.195. The first-order chi connectivity index (χ1) is 8.58. The molecule has 2 unspecified atom stereocenters. The van der Waals surface area contributed by atoms with Gasteiger partial charge in [-0.05, 0) is 25.0 Å². The van der Waals surface area contributed by atoms with Crippen LogP contribution in [-0.4, -0.2) is 25.2 Å². The molecule has 102 valence electrons. The van der Waals surface area contributed by atoms with Crippen LogP contribution in [0.1, 0.15) is 25.0 Å². The van der Waals surface area contributed by atoms with Crippen molar-refractivity contribution in [3.63, 3.8) is 0 Å². The Labute approximate surface area is 110 Å². The molecule has 0 amide bonds. The van der Waals surface area contributed by atoms with E-state index in [-0.39, 0.29) is 12.1 Å². The van der Waals surface area contributed by atoms with E-state index < -0.39 is 0 Å². The van der Waals surface area contributed by atoms with Crippen LogP contribution in [0.2, 0.25) is 0 Å². The van der Waals surface area contributed by atoms with Gasteiger partial charge in [0.25, 0.3) is 0 Å².